The van der Waals surface area contributed by atoms with Gasteiger partial charge in [0, 0.05) is 41.4 Å². The van der Waals surface area contributed by atoms with Gasteiger partial charge in [-0.15, -0.1) is 13.2 Å². The Morgan fingerprint density at radius 3 is 2.80 bits per heavy atom. The van der Waals surface area contributed by atoms with Gasteiger partial charge in [-0.1, -0.05) is 24.3 Å². The van der Waals surface area contributed by atoms with Gasteiger partial charge in [0.25, 0.3) is 5.91 Å². The zero-order valence-corrected chi connectivity index (χ0v) is 18.2. The van der Waals surface area contributed by atoms with Crippen molar-refractivity contribution in [2.45, 2.75) is 18.8 Å². The number of H-pyrrole nitrogens is 1. The Bertz CT molecular complexity index is 1330. The molecule has 0 fully saturated rings. The van der Waals surface area contributed by atoms with Crippen LogP contribution in [-0.4, -0.2) is 41.3 Å². The van der Waals surface area contributed by atoms with Gasteiger partial charge in [-0.2, -0.15) is 5.10 Å². The second-order valence-electron chi connectivity index (χ2n) is 8.18. The minimum Gasteiger partial charge on any atom is -0.406 e. The maximum atomic E-state index is 12.9. The van der Waals surface area contributed by atoms with E-state index >= 15 is 0 Å². The third kappa shape index (κ3) is 4.76. The van der Waals surface area contributed by atoms with Gasteiger partial charge in [0.15, 0.2) is 5.78 Å². The van der Waals surface area contributed by atoms with Crippen LogP contribution < -0.4 is 20.7 Å². The molecule has 1 unspecified atom stereocenters. The van der Waals surface area contributed by atoms with E-state index in [1.165, 1.54) is 18.2 Å². The number of Topliss-reactive ketones (excluding diaryl/α,β-unsaturated/α-hetero) is 1. The molecule has 180 valence electrons. The number of amides is 1. The lowest BCUT2D eigenvalue weighted by Gasteiger charge is -2.32. The molecule has 2 aliphatic heterocycles. The van der Waals surface area contributed by atoms with E-state index in [-0.39, 0.29) is 24.6 Å². The number of hydrogen-bond donors (Lipinski definition) is 4. The number of fused-ring (bicyclic) bond motifs is 1. The molecule has 1 aromatic heterocycles. The molecule has 2 aliphatic rings. The van der Waals surface area contributed by atoms with Gasteiger partial charge in [-0.05, 0) is 35.4 Å². The van der Waals surface area contributed by atoms with E-state index in [1.807, 2.05) is 6.07 Å². The summed E-state index contributed by atoms with van der Waals surface area (Å²) in [6.45, 7) is 0.742. The molecule has 0 radical (unpaired) electrons. The summed E-state index contributed by atoms with van der Waals surface area (Å²) >= 11 is 0. The highest BCUT2D eigenvalue weighted by Gasteiger charge is 2.36. The Morgan fingerprint density at radius 2 is 1.97 bits per heavy atom. The fourth-order valence-electron chi connectivity index (χ4n) is 4.37. The zero-order valence-electron chi connectivity index (χ0n) is 18.2. The molecular weight excluding hydrogens is 463 g/mol. The summed E-state index contributed by atoms with van der Waals surface area (Å²) in [6.07, 6.45) is -3.13. The third-order valence-electron chi connectivity index (χ3n) is 5.82. The summed E-state index contributed by atoms with van der Waals surface area (Å²) in [6, 6.07) is 12.4. The van der Waals surface area contributed by atoms with Crippen LogP contribution in [0.5, 0.6) is 5.75 Å². The van der Waals surface area contributed by atoms with E-state index in [2.05, 4.69) is 30.9 Å². The molecule has 0 saturated heterocycles. The van der Waals surface area contributed by atoms with Crippen molar-refractivity contribution in [1.82, 2.24) is 20.8 Å². The highest BCUT2D eigenvalue weighted by atomic mass is 19.4. The van der Waals surface area contributed by atoms with Gasteiger partial charge in [0.1, 0.15) is 11.6 Å². The average molecular weight is 483 g/mol. The van der Waals surface area contributed by atoms with E-state index in [0.29, 0.717) is 29.1 Å². The van der Waals surface area contributed by atoms with Gasteiger partial charge in [0.05, 0.1) is 12.7 Å². The molecule has 1 atom stereocenters. The second kappa shape index (κ2) is 8.91. The molecule has 0 bridgehead atoms. The van der Waals surface area contributed by atoms with Gasteiger partial charge in [-0.25, -0.2) is 0 Å². The predicted octanol–water partition coefficient (Wildman–Crippen LogP) is 3.22. The minimum atomic E-state index is -4.79. The number of aromatic amines is 1. The van der Waals surface area contributed by atoms with Crippen LogP contribution in [0.1, 0.15) is 33.0 Å². The van der Waals surface area contributed by atoms with E-state index in [9.17, 15) is 22.8 Å². The molecular formula is C24H20F3N5O3. The third-order valence-corrected chi connectivity index (χ3v) is 5.82. The average Bonchev–Trinajstić information content (AvgIpc) is 3.29. The van der Waals surface area contributed by atoms with Crippen LogP contribution >= 0.6 is 0 Å². The lowest BCUT2D eigenvalue weighted by atomic mass is 9.79. The minimum absolute atomic E-state index is 0.0107. The molecule has 35 heavy (non-hydrogen) atoms. The van der Waals surface area contributed by atoms with Gasteiger partial charge in [-0.3, -0.25) is 14.7 Å². The Hall–Kier alpha value is -4.12. The van der Waals surface area contributed by atoms with Crippen LogP contribution in [0.25, 0.3) is 0 Å². The lowest BCUT2D eigenvalue weighted by molar-refractivity contribution is -0.274. The fraction of sp³-hybridized carbons (Fsp3) is 0.208. The summed E-state index contributed by atoms with van der Waals surface area (Å²) in [4.78, 5) is 25.7. The van der Waals surface area contributed by atoms with Gasteiger partial charge < -0.3 is 20.7 Å². The van der Waals surface area contributed by atoms with Crippen molar-refractivity contribution >= 4 is 17.5 Å². The maximum Gasteiger partial charge on any atom is 0.573 e. The second-order valence-corrected chi connectivity index (χ2v) is 8.18. The molecule has 0 aliphatic carbocycles. The van der Waals surface area contributed by atoms with E-state index in [0.717, 1.165) is 16.8 Å². The Labute approximate surface area is 197 Å². The Morgan fingerprint density at radius 1 is 1.14 bits per heavy atom. The van der Waals surface area contributed by atoms with Crippen molar-refractivity contribution in [2.75, 3.05) is 18.4 Å². The van der Waals surface area contributed by atoms with Crippen LogP contribution in [0.15, 0.2) is 66.0 Å². The van der Waals surface area contributed by atoms with Crippen LogP contribution in [0, 0.1) is 0 Å². The molecule has 0 spiro atoms. The number of aromatic nitrogens is 2. The SMILES string of the molecule is O=C1CNCC2=C1C(c1cccc(C(=O)NCc3cccc(OC(F)(F)F)c3)c1)c1cn[nH]c1N2. The van der Waals surface area contributed by atoms with Crippen LogP contribution in [0.3, 0.4) is 0 Å². The quantitative estimate of drug-likeness (QED) is 0.444. The summed E-state index contributed by atoms with van der Waals surface area (Å²) in [5, 5.41) is 16.0. The highest BCUT2D eigenvalue weighted by Crippen LogP contribution is 2.41. The van der Waals surface area contributed by atoms with Crippen molar-refractivity contribution in [3.8, 4) is 5.75 Å². The normalized spacial score (nSPS) is 17.3. The first-order chi connectivity index (χ1) is 16.8. The summed E-state index contributed by atoms with van der Waals surface area (Å²) in [5.74, 6) is -0.490. The number of nitrogens with one attached hydrogen (secondary N) is 4. The van der Waals surface area contributed by atoms with Crippen LogP contribution in [0.4, 0.5) is 19.0 Å². The Kier molecular flexibility index (Phi) is 5.77. The molecule has 3 heterocycles. The number of halogens is 3. The van der Waals surface area contributed by atoms with Crippen molar-refractivity contribution in [3.63, 3.8) is 0 Å². The highest BCUT2D eigenvalue weighted by molar-refractivity contribution is 6.02. The first kappa shape index (κ1) is 22.7. The molecule has 0 saturated carbocycles. The van der Waals surface area contributed by atoms with E-state index < -0.39 is 18.2 Å². The van der Waals surface area contributed by atoms with E-state index in [1.54, 1.807) is 30.5 Å². The molecule has 4 N–H and O–H groups in total. The molecule has 2 aromatic carbocycles. The standard InChI is InChI=1S/C24H20F3N5O3/c25-24(26,27)35-16-6-1-3-13(7-16)9-29-23(34)15-5-2-4-14(8-15)20-17-10-30-32-22(17)31-18-11-28-12-19(33)21(18)20/h1-8,10,20,28H,9,11-12H2,(H,29,34)(H2,30,31,32). The number of alkyl halides is 3. The smallest absolute Gasteiger partial charge is 0.406 e. The summed E-state index contributed by atoms with van der Waals surface area (Å²) in [7, 11) is 0. The summed E-state index contributed by atoms with van der Waals surface area (Å²) in [5.41, 5.74) is 3.77. The predicted molar refractivity (Wildman–Crippen MR) is 120 cm³/mol. The number of ketones is 1. The number of ether oxygens (including phenoxy) is 1. The number of carbonyl (C=O) groups excluding carboxylic acids is 2. The largest absolute Gasteiger partial charge is 0.573 e. The molecule has 1 amide bonds. The topological polar surface area (TPSA) is 108 Å². The van der Waals surface area contributed by atoms with E-state index in [4.69, 9.17) is 0 Å². The molecule has 8 nitrogen and oxygen atoms in total. The number of rotatable bonds is 5. The molecule has 11 heteroatoms. The Balaban J connectivity index is 1.37. The van der Waals surface area contributed by atoms with Crippen molar-refractivity contribution in [3.05, 3.63) is 88.3 Å². The monoisotopic (exact) mass is 483 g/mol. The maximum absolute atomic E-state index is 12.9. The molecule has 3 aromatic rings. The first-order valence-corrected chi connectivity index (χ1v) is 10.8. The lowest BCUT2D eigenvalue weighted by Crippen LogP contribution is -2.39. The van der Waals surface area contributed by atoms with Crippen molar-refractivity contribution in [1.29, 1.82) is 0 Å². The number of hydrogen-bond acceptors (Lipinski definition) is 6. The first-order valence-electron chi connectivity index (χ1n) is 10.8. The van der Waals surface area contributed by atoms with Crippen molar-refractivity contribution < 1.29 is 27.5 Å². The zero-order chi connectivity index (χ0) is 24.6. The van der Waals surface area contributed by atoms with Crippen LogP contribution in [-0.2, 0) is 11.3 Å². The fourth-order valence-corrected chi connectivity index (χ4v) is 4.37. The number of carbonyl (C=O) groups is 2. The summed E-state index contributed by atoms with van der Waals surface area (Å²) < 4.78 is 41.3. The molecule has 5 rings (SSSR count). The van der Waals surface area contributed by atoms with Gasteiger partial charge in [0.2, 0.25) is 0 Å². The number of benzene rings is 2. The number of anilines is 1. The number of nitrogens with zero attached hydrogens (tertiary/aromatic N) is 1. The van der Waals surface area contributed by atoms with Crippen molar-refractivity contribution in [2.24, 2.45) is 0 Å². The van der Waals surface area contributed by atoms with Gasteiger partial charge >= 0.3 is 6.36 Å². The van der Waals surface area contributed by atoms with Crippen LogP contribution in [0.2, 0.25) is 0 Å².